The molecule has 0 spiro atoms. The Labute approximate surface area is 206 Å². The first-order valence-electron chi connectivity index (χ1n) is 8.86. The van der Waals surface area contributed by atoms with Crippen LogP contribution in [0.4, 0.5) is 0 Å². The fourth-order valence-electron chi connectivity index (χ4n) is 3.10. The van der Waals surface area contributed by atoms with Crippen molar-refractivity contribution in [2.45, 2.75) is 12.5 Å². The average Bonchev–Trinajstić information content (AvgIpc) is 3.40. The van der Waals surface area contributed by atoms with Crippen molar-refractivity contribution >= 4 is 58.3 Å². The van der Waals surface area contributed by atoms with E-state index in [-0.39, 0.29) is 31.9 Å². The van der Waals surface area contributed by atoms with Gasteiger partial charge in [0.1, 0.15) is 0 Å². The fourth-order valence-corrected chi connectivity index (χ4v) is 3.85. The van der Waals surface area contributed by atoms with E-state index in [1.807, 2.05) is 70.5 Å². The fraction of sp³-hybridized carbons (Fsp3) is 0.300. The first-order valence-corrected chi connectivity index (χ1v) is 10.5. The minimum Gasteiger partial charge on any atom is -0.411 e. The van der Waals surface area contributed by atoms with Crippen molar-refractivity contribution < 1.29 is 29.0 Å². The molecule has 2 heterocycles. The molecule has 29 heavy (non-hydrogen) atoms. The van der Waals surface area contributed by atoms with Crippen molar-refractivity contribution in [3.63, 3.8) is 0 Å². The van der Waals surface area contributed by atoms with E-state index in [1.165, 1.54) is 0 Å². The van der Waals surface area contributed by atoms with Gasteiger partial charge in [0.2, 0.25) is 0 Å². The van der Waals surface area contributed by atoms with E-state index in [9.17, 15) is 0 Å². The minimum atomic E-state index is -0.0822. The van der Waals surface area contributed by atoms with Crippen molar-refractivity contribution in [1.29, 1.82) is 0 Å². The molecule has 2 aliphatic heterocycles. The molecular formula is C20H20N2O2S4Zn. The van der Waals surface area contributed by atoms with Crippen LogP contribution in [0, 0.1) is 0 Å². The van der Waals surface area contributed by atoms with E-state index >= 15 is 0 Å². The molecule has 2 aromatic rings. The van der Waals surface area contributed by atoms with Crippen LogP contribution >= 0.6 is 24.4 Å². The zero-order chi connectivity index (χ0) is 19.9. The first kappa shape index (κ1) is 24.5. The smallest absolute Gasteiger partial charge is 0.411 e. The van der Waals surface area contributed by atoms with Gasteiger partial charge in [-0.1, -0.05) is 69.3 Å². The summed E-state index contributed by atoms with van der Waals surface area (Å²) in [5, 5.41) is 0. The third-order valence-electron chi connectivity index (χ3n) is 4.42. The van der Waals surface area contributed by atoms with Crippen LogP contribution in [0.1, 0.15) is 23.6 Å². The molecule has 2 saturated heterocycles. The van der Waals surface area contributed by atoms with E-state index < -0.39 is 0 Å². The van der Waals surface area contributed by atoms with Crippen LogP contribution in [0.15, 0.2) is 60.7 Å². The Bertz CT molecular complexity index is 730. The maximum absolute atomic E-state index is 5.58. The quantitative estimate of drug-likeness (QED) is 0.341. The van der Waals surface area contributed by atoms with Gasteiger partial charge in [0.05, 0.1) is 13.2 Å². The van der Waals surface area contributed by atoms with Gasteiger partial charge in [-0.3, -0.25) is 0 Å². The SMILES string of the molecule is S=C([S-])N1CCOC1c1ccccc1.S=C([S-])N1CCOC1c1ccccc1.[Zn+2]. The Morgan fingerprint density at radius 2 is 1.07 bits per heavy atom. The molecule has 2 aliphatic rings. The molecule has 4 nitrogen and oxygen atoms in total. The summed E-state index contributed by atoms with van der Waals surface area (Å²) in [5.41, 5.74) is 2.22. The summed E-state index contributed by atoms with van der Waals surface area (Å²) in [6.45, 7) is 2.97. The van der Waals surface area contributed by atoms with Crippen molar-refractivity contribution in [3.05, 3.63) is 71.8 Å². The van der Waals surface area contributed by atoms with Gasteiger partial charge < -0.3 is 69.0 Å². The molecule has 9 heteroatoms. The number of thiocarbonyl (C=S) groups is 2. The molecule has 2 unspecified atom stereocenters. The summed E-state index contributed by atoms with van der Waals surface area (Å²) >= 11 is 20.0. The molecule has 0 N–H and O–H groups in total. The predicted molar refractivity (Wildman–Crippen MR) is 124 cm³/mol. The molecule has 0 amide bonds. The Kier molecular flexibility index (Phi) is 10.3. The van der Waals surface area contributed by atoms with Gasteiger partial charge in [-0.05, 0) is 0 Å². The Morgan fingerprint density at radius 1 is 0.724 bits per heavy atom. The molecule has 2 fully saturated rings. The number of hydrogen-bond donors (Lipinski definition) is 0. The molecular weight excluding hydrogens is 494 g/mol. The Hall–Kier alpha value is -0.797. The molecule has 0 radical (unpaired) electrons. The van der Waals surface area contributed by atoms with Crippen LogP contribution in [0.5, 0.6) is 0 Å². The van der Waals surface area contributed by atoms with Crippen LogP contribution < -0.4 is 0 Å². The standard InChI is InChI=1S/2C10H11NOS2.Zn/c2*13-10(14)11-6-7-12-9(11)8-4-2-1-3-5-8;/h2*1-5,9H,6-7H2,(H,13,14);/q;;+2/p-2. The van der Waals surface area contributed by atoms with Crippen LogP contribution in [0.25, 0.3) is 0 Å². The number of rotatable bonds is 2. The molecule has 0 bridgehead atoms. The van der Waals surface area contributed by atoms with Crippen LogP contribution in [0.3, 0.4) is 0 Å². The topological polar surface area (TPSA) is 24.9 Å². The van der Waals surface area contributed by atoms with Crippen molar-refractivity contribution in [2.75, 3.05) is 26.3 Å². The minimum absolute atomic E-state index is 0. The summed E-state index contributed by atoms with van der Waals surface area (Å²) in [5.74, 6) is 0. The van der Waals surface area contributed by atoms with Crippen molar-refractivity contribution in [3.8, 4) is 0 Å². The van der Waals surface area contributed by atoms with E-state index in [2.05, 4.69) is 0 Å². The molecule has 0 aliphatic carbocycles. The van der Waals surface area contributed by atoms with E-state index in [0.29, 0.717) is 21.9 Å². The van der Waals surface area contributed by atoms with Gasteiger partial charge in [-0.2, -0.15) is 0 Å². The molecule has 2 atom stereocenters. The first-order chi connectivity index (χ1) is 13.6. The molecule has 148 valence electrons. The second-order valence-corrected chi connectivity index (χ2v) is 8.25. The summed E-state index contributed by atoms with van der Waals surface area (Å²) < 4.78 is 12.1. The zero-order valence-corrected chi connectivity index (χ0v) is 22.0. The van der Waals surface area contributed by atoms with Gasteiger partial charge >= 0.3 is 19.5 Å². The summed E-state index contributed by atoms with van der Waals surface area (Å²) in [6.07, 6.45) is -0.164. The maximum atomic E-state index is 5.58. The van der Waals surface area contributed by atoms with E-state index in [0.717, 1.165) is 24.2 Å². The van der Waals surface area contributed by atoms with Crippen molar-refractivity contribution in [2.24, 2.45) is 0 Å². The Balaban J connectivity index is 0.000000200. The molecule has 0 saturated carbocycles. The monoisotopic (exact) mass is 512 g/mol. The van der Waals surface area contributed by atoms with Crippen LogP contribution in [0.2, 0.25) is 0 Å². The van der Waals surface area contributed by atoms with Gasteiger partial charge in [-0.15, -0.1) is 0 Å². The second kappa shape index (κ2) is 12.2. The number of benzene rings is 2. The molecule has 4 rings (SSSR count). The van der Waals surface area contributed by atoms with Gasteiger partial charge in [0.25, 0.3) is 0 Å². The van der Waals surface area contributed by atoms with Crippen LogP contribution in [-0.2, 0) is 54.2 Å². The summed E-state index contributed by atoms with van der Waals surface area (Å²) in [7, 11) is 0. The van der Waals surface area contributed by atoms with Gasteiger partial charge in [0, 0.05) is 24.2 Å². The normalized spacial score (nSPS) is 20.4. The number of hydrogen-bond acceptors (Lipinski definition) is 6. The number of nitrogens with zero attached hydrogens (tertiary/aromatic N) is 2. The summed E-state index contributed by atoms with van der Waals surface area (Å²) in [4.78, 5) is 3.86. The van der Waals surface area contributed by atoms with E-state index in [1.54, 1.807) is 0 Å². The second-order valence-electron chi connectivity index (χ2n) is 6.19. The third-order valence-corrected chi connectivity index (χ3v) is 5.36. The molecule has 2 aromatic carbocycles. The predicted octanol–water partition coefficient (Wildman–Crippen LogP) is 3.70. The maximum Gasteiger partial charge on any atom is 2.00 e. The summed E-state index contributed by atoms with van der Waals surface area (Å²) in [6, 6.07) is 20.0. The number of ether oxygens (including phenoxy) is 2. The average molecular weight is 514 g/mol. The van der Waals surface area contributed by atoms with Gasteiger partial charge in [0.15, 0.2) is 12.5 Å². The van der Waals surface area contributed by atoms with E-state index in [4.69, 9.17) is 59.2 Å². The third kappa shape index (κ3) is 6.59. The Morgan fingerprint density at radius 3 is 1.38 bits per heavy atom. The zero-order valence-electron chi connectivity index (χ0n) is 15.8. The van der Waals surface area contributed by atoms with Crippen molar-refractivity contribution in [1.82, 2.24) is 9.80 Å². The van der Waals surface area contributed by atoms with Gasteiger partial charge in [-0.25, -0.2) is 0 Å². The van der Waals surface area contributed by atoms with Crippen LogP contribution in [-0.4, -0.2) is 44.7 Å². The largest absolute Gasteiger partial charge is 2.00 e. The molecule has 0 aromatic heterocycles.